The van der Waals surface area contributed by atoms with Crippen LogP contribution in [0.1, 0.15) is 43.7 Å². The van der Waals surface area contributed by atoms with Crippen molar-refractivity contribution in [2.45, 2.75) is 39.7 Å². The third kappa shape index (κ3) is 3.56. The molecule has 0 bridgehead atoms. The molecule has 2 aromatic rings. The van der Waals surface area contributed by atoms with Crippen molar-refractivity contribution in [3.05, 3.63) is 52.3 Å². The molecule has 0 saturated carbocycles. The molecule has 1 amide bonds. The van der Waals surface area contributed by atoms with Crippen molar-refractivity contribution in [3.63, 3.8) is 0 Å². The van der Waals surface area contributed by atoms with Crippen molar-refractivity contribution < 1.29 is 4.79 Å². The molecular weight excluding hydrogens is 328 g/mol. The number of nitrogens with one attached hydrogen (secondary N) is 1. The van der Waals surface area contributed by atoms with E-state index >= 15 is 0 Å². The number of aromatic nitrogens is 1. The van der Waals surface area contributed by atoms with Gasteiger partial charge in [0.15, 0.2) is 0 Å². The van der Waals surface area contributed by atoms with Gasteiger partial charge in [0.1, 0.15) is 5.69 Å². The quantitative estimate of drug-likeness (QED) is 0.847. The zero-order valence-electron chi connectivity index (χ0n) is 12.9. The molecule has 0 spiro atoms. The van der Waals surface area contributed by atoms with E-state index < -0.39 is 0 Å². The Morgan fingerprint density at radius 2 is 1.95 bits per heavy atom. The minimum Gasteiger partial charge on any atom is -0.343 e. The Hall–Kier alpha value is -1.55. The molecule has 3 nitrogen and oxygen atoms in total. The smallest absolute Gasteiger partial charge is 0.272 e. The molecule has 0 saturated heterocycles. The topological polar surface area (TPSA) is 34.0 Å². The minimum atomic E-state index is -0.0840. The van der Waals surface area contributed by atoms with Crippen molar-refractivity contribution in [2.75, 3.05) is 5.32 Å². The third-order valence-corrected chi connectivity index (χ3v) is 3.85. The van der Waals surface area contributed by atoms with Gasteiger partial charge in [-0.2, -0.15) is 0 Å². The van der Waals surface area contributed by atoms with Crippen LogP contribution in [0.2, 0.25) is 0 Å². The lowest BCUT2D eigenvalue weighted by atomic mass is 9.86. The molecule has 0 radical (unpaired) electrons. The lowest BCUT2D eigenvalue weighted by Gasteiger charge is -2.23. The number of benzene rings is 1. The van der Waals surface area contributed by atoms with Crippen LogP contribution < -0.4 is 5.32 Å². The third-order valence-electron chi connectivity index (χ3n) is 3.42. The van der Waals surface area contributed by atoms with Crippen molar-refractivity contribution in [3.8, 4) is 0 Å². The van der Waals surface area contributed by atoms with E-state index in [1.54, 1.807) is 0 Å². The van der Waals surface area contributed by atoms with Crippen LogP contribution >= 0.6 is 15.9 Å². The number of amides is 1. The molecule has 4 heteroatoms. The second-order valence-corrected chi connectivity index (χ2v) is 6.99. The Morgan fingerprint density at radius 3 is 2.57 bits per heavy atom. The summed E-state index contributed by atoms with van der Waals surface area (Å²) in [6.45, 7) is 9.21. The number of hydrogen-bond acceptors (Lipinski definition) is 1. The molecule has 1 heterocycles. The second kappa shape index (κ2) is 6.06. The minimum absolute atomic E-state index is 0.0167. The van der Waals surface area contributed by atoms with E-state index in [0.717, 1.165) is 22.3 Å². The summed E-state index contributed by atoms with van der Waals surface area (Å²) in [5.41, 5.74) is 2.65. The summed E-state index contributed by atoms with van der Waals surface area (Å²) < 4.78 is 2.85. The molecule has 0 fully saturated rings. The summed E-state index contributed by atoms with van der Waals surface area (Å²) in [5, 5.41) is 3.04. The Labute approximate surface area is 134 Å². The van der Waals surface area contributed by atoms with Gasteiger partial charge in [0.05, 0.1) is 0 Å². The summed E-state index contributed by atoms with van der Waals surface area (Å²) in [4.78, 5) is 12.5. The summed E-state index contributed by atoms with van der Waals surface area (Å²) in [5.74, 6) is -0.0840. The highest BCUT2D eigenvalue weighted by molar-refractivity contribution is 9.10. The molecule has 2 rings (SSSR count). The first-order valence-corrected chi connectivity index (χ1v) is 7.88. The molecule has 0 aliphatic rings. The number of anilines is 1. The van der Waals surface area contributed by atoms with Gasteiger partial charge in [-0.1, -0.05) is 39.0 Å². The van der Waals surface area contributed by atoms with Crippen molar-refractivity contribution in [2.24, 2.45) is 0 Å². The summed E-state index contributed by atoms with van der Waals surface area (Å²) in [6, 6.07) is 9.80. The van der Waals surface area contributed by atoms with Gasteiger partial charge in [-0.25, -0.2) is 0 Å². The fraction of sp³-hybridized carbons (Fsp3) is 0.353. The second-order valence-electron chi connectivity index (χ2n) is 6.08. The van der Waals surface area contributed by atoms with Gasteiger partial charge in [-0.05, 0) is 46.0 Å². The predicted molar refractivity (Wildman–Crippen MR) is 90.9 cm³/mol. The predicted octanol–water partition coefficient (Wildman–Crippen LogP) is 4.82. The van der Waals surface area contributed by atoms with Gasteiger partial charge >= 0.3 is 0 Å². The van der Waals surface area contributed by atoms with Gasteiger partial charge < -0.3 is 9.88 Å². The zero-order chi connectivity index (χ0) is 15.6. The maximum Gasteiger partial charge on any atom is 0.272 e. The van der Waals surface area contributed by atoms with Crippen molar-refractivity contribution in [1.82, 2.24) is 4.57 Å². The first-order chi connectivity index (χ1) is 9.82. The summed E-state index contributed by atoms with van der Waals surface area (Å²) >= 11 is 3.42. The standard InChI is InChI=1S/C17H21BrN2O/c1-5-20-11-12(18)10-15(20)16(21)19-14-9-7-6-8-13(14)17(2,3)4/h6-11H,5H2,1-4H3,(H,19,21). The average Bonchev–Trinajstić information content (AvgIpc) is 2.79. The molecule has 0 aliphatic carbocycles. The number of para-hydroxylation sites is 1. The highest BCUT2D eigenvalue weighted by Gasteiger charge is 2.20. The molecule has 0 atom stereocenters. The van der Waals surface area contributed by atoms with Gasteiger partial charge in [0.25, 0.3) is 5.91 Å². The van der Waals surface area contributed by atoms with Crippen LogP contribution in [-0.2, 0) is 12.0 Å². The van der Waals surface area contributed by atoms with Crippen LogP contribution in [0.5, 0.6) is 0 Å². The van der Waals surface area contributed by atoms with Crippen molar-refractivity contribution in [1.29, 1.82) is 0 Å². The SMILES string of the molecule is CCn1cc(Br)cc1C(=O)Nc1ccccc1C(C)(C)C. The fourth-order valence-corrected chi connectivity index (χ4v) is 2.82. The van der Waals surface area contributed by atoms with Crippen LogP contribution in [0, 0.1) is 0 Å². The molecular formula is C17H21BrN2O. The van der Waals surface area contributed by atoms with Gasteiger partial charge in [0.2, 0.25) is 0 Å². The number of nitrogens with zero attached hydrogens (tertiary/aromatic N) is 1. The number of hydrogen-bond donors (Lipinski definition) is 1. The zero-order valence-corrected chi connectivity index (χ0v) is 14.5. The van der Waals surface area contributed by atoms with E-state index in [0.29, 0.717) is 5.69 Å². The summed E-state index contributed by atoms with van der Waals surface area (Å²) in [7, 11) is 0. The highest BCUT2D eigenvalue weighted by Crippen LogP contribution is 2.29. The van der Waals surface area contributed by atoms with E-state index in [1.807, 2.05) is 42.0 Å². The van der Waals surface area contributed by atoms with Crippen LogP contribution in [0.15, 0.2) is 41.0 Å². The molecule has 1 aromatic carbocycles. The van der Waals surface area contributed by atoms with Gasteiger partial charge in [0, 0.05) is 22.9 Å². The van der Waals surface area contributed by atoms with Crippen LogP contribution in [-0.4, -0.2) is 10.5 Å². The molecule has 1 N–H and O–H groups in total. The Balaban J connectivity index is 2.32. The first kappa shape index (κ1) is 15.8. The van der Waals surface area contributed by atoms with Gasteiger partial charge in [-0.15, -0.1) is 0 Å². The first-order valence-electron chi connectivity index (χ1n) is 7.09. The van der Waals surface area contributed by atoms with E-state index in [2.05, 4.69) is 48.1 Å². The van der Waals surface area contributed by atoms with E-state index in [9.17, 15) is 4.79 Å². The largest absolute Gasteiger partial charge is 0.343 e. The molecule has 21 heavy (non-hydrogen) atoms. The van der Waals surface area contributed by atoms with E-state index in [-0.39, 0.29) is 11.3 Å². The van der Waals surface area contributed by atoms with E-state index in [4.69, 9.17) is 0 Å². The molecule has 1 aromatic heterocycles. The average molecular weight is 349 g/mol. The number of carbonyl (C=O) groups excluding carboxylic acids is 1. The molecule has 112 valence electrons. The normalized spacial score (nSPS) is 11.5. The number of carbonyl (C=O) groups is 1. The maximum absolute atomic E-state index is 12.5. The lowest BCUT2D eigenvalue weighted by Crippen LogP contribution is -2.20. The number of halogens is 1. The van der Waals surface area contributed by atoms with Crippen LogP contribution in [0.3, 0.4) is 0 Å². The fourth-order valence-electron chi connectivity index (χ4n) is 2.36. The number of rotatable bonds is 3. The van der Waals surface area contributed by atoms with Crippen LogP contribution in [0.25, 0.3) is 0 Å². The molecule has 0 aliphatic heterocycles. The van der Waals surface area contributed by atoms with Crippen molar-refractivity contribution >= 4 is 27.5 Å². The molecule has 0 unspecified atom stereocenters. The summed E-state index contributed by atoms with van der Waals surface area (Å²) in [6.07, 6.45) is 1.92. The Morgan fingerprint density at radius 1 is 1.29 bits per heavy atom. The monoisotopic (exact) mass is 348 g/mol. The van der Waals surface area contributed by atoms with Crippen LogP contribution in [0.4, 0.5) is 5.69 Å². The Kier molecular flexibility index (Phi) is 4.57. The lowest BCUT2D eigenvalue weighted by molar-refractivity contribution is 0.101. The Bertz CT molecular complexity index is 653. The highest BCUT2D eigenvalue weighted by atomic mass is 79.9. The number of aryl methyl sites for hydroxylation is 1. The maximum atomic E-state index is 12.5. The van der Waals surface area contributed by atoms with E-state index in [1.165, 1.54) is 0 Å². The van der Waals surface area contributed by atoms with Gasteiger partial charge in [-0.3, -0.25) is 4.79 Å².